The number of nitrogens with one attached hydrogen (secondary N) is 1. The normalized spacial score (nSPS) is 18.8. The van der Waals surface area contributed by atoms with Gasteiger partial charge in [0.1, 0.15) is 29.4 Å². The van der Waals surface area contributed by atoms with Gasteiger partial charge in [-0.05, 0) is 70.9 Å². The van der Waals surface area contributed by atoms with Gasteiger partial charge >= 0.3 is 12.3 Å². The molecule has 2 amide bonds. The van der Waals surface area contributed by atoms with E-state index < -0.39 is 64.8 Å². The van der Waals surface area contributed by atoms with E-state index in [4.69, 9.17) is 25.8 Å². The van der Waals surface area contributed by atoms with Crippen molar-refractivity contribution in [1.82, 2.24) is 29.0 Å². The van der Waals surface area contributed by atoms with E-state index in [0.717, 1.165) is 28.8 Å². The predicted octanol–water partition coefficient (Wildman–Crippen LogP) is 6.30. The molecule has 13 nitrogen and oxygen atoms in total. The van der Waals surface area contributed by atoms with Crippen molar-refractivity contribution in [2.45, 2.75) is 77.1 Å². The van der Waals surface area contributed by atoms with E-state index in [1.165, 1.54) is 9.47 Å². The summed E-state index contributed by atoms with van der Waals surface area (Å²) in [5.41, 5.74) is -3.58. The van der Waals surface area contributed by atoms with Gasteiger partial charge in [-0.2, -0.15) is 22.7 Å². The molecule has 0 bridgehead atoms. The number of hydrogen-bond donors (Lipinski definition) is 1. The quantitative estimate of drug-likeness (QED) is 0.223. The number of hydrogen-bond acceptors (Lipinski definition) is 9. The number of likely N-dealkylation sites (tertiary alicyclic amines) is 1. The maximum atomic E-state index is 15.8. The summed E-state index contributed by atoms with van der Waals surface area (Å²) in [6.07, 6.45) is -5.67. The third-order valence-corrected chi connectivity index (χ3v) is 10.3. The second kappa shape index (κ2) is 14.7. The Morgan fingerprint density at radius 1 is 1.04 bits per heavy atom. The van der Waals surface area contributed by atoms with Crippen LogP contribution in [0.1, 0.15) is 69.0 Å². The topological polar surface area (TPSA) is 133 Å². The molecule has 2 aromatic heterocycles. The Morgan fingerprint density at radius 3 is 2.38 bits per heavy atom. The van der Waals surface area contributed by atoms with Crippen molar-refractivity contribution in [3.63, 3.8) is 0 Å². The molecule has 3 aliphatic rings. The molecule has 2 fully saturated rings. The molecular weight excluding hydrogens is 769 g/mol. The number of morpholine rings is 1. The number of ether oxygens (including phenoxy) is 3. The van der Waals surface area contributed by atoms with Crippen LogP contribution < -0.4 is 10.9 Å². The first-order valence-corrected chi connectivity index (χ1v) is 18.4. The summed E-state index contributed by atoms with van der Waals surface area (Å²) in [4.78, 5) is 48.9. The summed E-state index contributed by atoms with van der Waals surface area (Å²) in [6.45, 7) is 8.85. The second-order valence-electron chi connectivity index (χ2n) is 15.1. The highest BCUT2D eigenvalue weighted by molar-refractivity contribution is 6.33. The van der Waals surface area contributed by atoms with Crippen molar-refractivity contribution in [1.29, 1.82) is 0 Å². The number of amides is 2. The summed E-state index contributed by atoms with van der Waals surface area (Å²) in [7, 11) is 0. The van der Waals surface area contributed by atoms with E-state index in [1.54, 1.807) is 27.7 Å². The maximum Gasteiger partial charge on any atom is 0.416 e. The van der Waals surface area contributed by atoms with Crippen LogP contribution in [0.3, 0.4) is 0 Å². The molecular formula is C37H39ClF5N7O6. The predicted molar refractivity (Wildman–Crippen MR) is 192 cm³/mol. The number of fused-ring (bicyclic) bond motifs is 3. The van der Waals surface area contributed by atoms with E-state index in [0.29, 0.717) is 32.4 Å². The van der Waals surface area contributed by atoms with Crippen LogP contribution in [-0.2, 0) is 43.9 Å². The zero-order chi connectivity index (χ0) is 40.3. The minimum atomic E-state index is -4.67. The number of piperidine rings is 1. The summed E-state index contributed by atoms with van der Waals surface area (Å²) in [5, 5.41) is 6.48. The molecule has 300 valence electrons. The van der Waals surface area contributed by atoms with Crippen LogP contribution in [-0.4, -0.2) is 86.0 Å². The SMILES string of the molecule is CC1OC2(CCN(C(=O)OC(C)(C)C)CC2)c2c1n(CC(=O)Nc1ccc(C(F)(F)F)cc1Cl)c1nc(-c3cc(F)c(CN4CCOCC4)cc3F)nn1c2=O. The molecule has 0 aliphatic carbocycles. The van der Waals surface area contributed by atoms with Crippen molar-refractivity contribution in [3.05, 3.63) is 79.7 Å². The number of rotatable bonds is 6. The zero-order valence-electron chi connectivity index (χ0n) is 30.9. The number of alkyl halides is 3. The van der Waals surface area contributed by atoms with Gasteiger partial charge in [-0.25, -0.2) is 13.6 Å². The van der Waals surface area contributed by atoms with Crippen LogP contribution in [0.2, 0.25) is 5.02 Å². The average molecular weight is 808 g/mol. The van der Waals surface area contributed by atoms with Crippen molar-refractivity contribution in [2.24, 2.45) is 0 Å². The first kappa shape index (κ1) is 39.6. The molecule has 2 saturated heterocycles. The van der Waals surface area contributed by atoms with E-state index in [-0.39, 0.29) is 77.2 Å². The maximum absolute atomic E-state index is 15.8. The smallest absolute Gasteiger partial charge is 0.416 e. The molecule has 0 saturated carbocycles. The summed E-state index contributed by atoms with van der Waals surface area (Å²) < 4.78 is 90.8. The van der Waals surface area contributed by atoms with Gasteiger partial charge in [0, 0.05) is 38.3 Å². The Kier molecular flexibility index (Phi) is 10.4. The lowest BCUT2D eigenvalue weighted by Crippen LogP contribution is -2.48. The Balaban J connectivity index is 1.29. The molecule has 1 atom stereocenters. The Hall–Kier alpha value is -4.65. The van der Waals surface area contributed by atoms with E-state index in [9.17, 15) is 27.6 Å². The summed E-state index contributed by atoms with van der Waals surface area (Å²) in [5.74, 6) is -2.85. The summed E-state index contributed by atoms with van der Waals surface area (Å²) in [6, 6.07) is 4.48. The van der Waals surface area contributed by atoms with E-state index >= 15 is 8.78 Å². The lowest BCUT2D eigenvalue weighted by atomic mass is 9.85. The van der Waals surface area contributed by atoms with Crippen LogP contribution in [0.25, 0.3) is 17.2 Å². The molecule has 5 heterocycles. The fraction of sp³-hybridized carbons (Fsp3) is 0.486. The van der Waals surface area contributed by atoms with Gasteiger partial charge in [0.15, 0.2) is 5.82 Å². The molecule has 7 rings (SSSR count). The number of nitrogens with zero attached hydrogens (tertiary/aromatic N) is 6. The lowest BCUT2D eigenvalue weighted by Gasteiger charge is -2.39. The highest BCUT2D eigenvalue weighted by Gasteiger charge is 2.51. The van der Waals surface area contributed by atoms with Gasteiger partial charge in [0.2, 0.25) is 11.7 Å². The van der Waals surface area contributed by atoms with Crippen molar-refractivity contribution in [3.8, 4) is 11.4 Å². The van der Waals surface area contributed by atoms with Crippen molar-refractivity contribution < 1.29 is 45.8 Å². The molecule has 4 aromatic rings. The number of halogens is 6. The van der Waals surface area contributed by atoms with Gasteiger partial charge in [-0.1, -0.05) is 11.6 Å². The molecule has 1 unspecified atom stereocenters. The van der Waals surface area contributed by atoms with E-state index in [1.807, 2.05) is 4.90 Å². The molecule has 0 radical (unpaired) electrons. The number of anilines is 1. The van der Waals surface area contributed by atoms with Gasteiger partial charge in [0.05, 0.1) is 52.4 Å². The molecule has 3 aliphatic heterocycles. The molecule has 1 N–H and O–H groups in total. The number of aromatic nitrogens is 4. The molecule has 19 heteroatoms. The van der Waals surface area contributed by atoms with Gasteiger partial charge in [0.25, 0.3) is 5.56 Å². The van der Waals surface area contributed by atoms with Crippen LogP contribution in [0, 0.1) is 11.6 Å². The van der Waals surface area contributed by atoms with E-state index in [2.05, 4.69) is 15.4 Å². The molecule has 1 spiro atoms. The Bertz CT molecular complexity index is 2260. The Morgan fingerprint density at radius 2 is 1.73 bits per heavy atom. The van der Waals surface area contributed by atoms with Crippen LogP contribution in [0.5, 0.6) is 0 Å². The number of carbonyl (C=O) groups is 2. The number of benzene rings is 2. The minimum Gasteiger partial charge on any atom is -0.444 e. The summed E-state index contributed by atoms with van der Waals surface area (Å²) >= 11 is 6.13. The van der Waals surface area contributed by atoms with Crippen molar-refractivity contribution in [2.75, 3.05) is 44.7 Å². The third-order valence-electron chi connectivity index (χ3n) is 10.00. The fourth-order valence-corrected chi connectivity index (χ4v) is 7.63. The third kappa shape index (κ3) is 7.71. The molecule has 2 aromatic carbocycles. The van der Waals surface area contributed by atoms with Gasteiger partial charge in [-0.3, -0.25) is 14.5 Å². The van der Waals surface area contributed by atoms with Crippen LogP contribution in [0.15, 0.2) is 35.1 Å². The Labute approximate surface area is 322 Å². The fourth-order valence-electron chi connectivity index (χ4n) is 7.40. The lowest BCUT2D eigenvalue weighted by molar-refractivity contribution is -0.137. The minimum absolute atomic E-state index is 0.106. The average Bonchev–Trinajstić information content (AvgIpc) is 3.68. The zero-order valence-corrected chi connectivity index (χ0v) is 31.7. The highest BCUT2D eigenvalue weighted by Crippen LogP contribution is 2.48. The number of carbonyl (C=O) groups excluding carboxylic acids is 2. The highest BCUT2D eigenvalue weighted by atomic mass is 35.5. The monoisotopic (exact) mass is 807 g/mol. The standard InChI is InChI=1S/C37H39ClF5N7O6/c1-20-30-29(36(55-20)7-9-48(10-8-36)34(53)56-35(2,3)4)32(52)50-33(49(30)19-28(51)44-27-6-5-22(16-24(27)38)37(41,42)43)45-31(46-50)23-17-25(39)21(15-26(23)40)18-47-11-13-54-14-12-47/h5-6,15-17,20H,7-14,18-19H2,1-4H3,(H,44,51). The largest absolute Gasteiger partial charge is 0.444 e. The second-order valence-corrected chi connectivity index (χ2v) is 15.5. The first-order chi connectivity index (χ1) is 26.3. The van der Waals surface area contributed by atoms with Gasteiger partial charge < -0.3 is 29.0 Å². The van der Waals surface area contributed by atoms with Gasteiger partial charge in [-0.15, -0.1) is 5.10 Å². The van der Waals surface area contributed by atoms with Crippen LogP contribution >= 0.6 is 11.6 Å². The first-order valence-electron chi connectivity index (χ1n) is 18.0. The van der Waals surface area contributed by atoms with Crippen LogP contribution in [0.4, 0.5) is 32.4 Å². The molecule has 56 heavy (non-hydrogen) atoms. The van der Waals surface area contributed by atoms with Crippen molar-refractivity contribution >= 4 is 35.1 Å².